The Labute approximate surface area is 76.5 Å². The molecule has 0 bridgehead atoms. The molecule has 3 heteroatoms. The smallest absolute Gasteiger partial charge is 0.0187 e. The van der Waals surface area contributed by atoms with E-state index in [0.717, 1.165) is 26.2 Å². The monoisotopic (exact) mass is 173 g/mol. The molecule has 0 heterocycles. The lowest BCUT2D eigenvalue weighted by atomic mass is 10.3. The summed E-state index contributed by atoms with van der Waals surface area (Å²) in [4.78, 5) is 4.60. The summed E-state index contributed by atoms with van der Waals surface area (Å²) < 4.78 is 0. The van der Waals surface area contributed by atoms with Gasteiger partial charge < -0.3 is 15.5 Å². The first-order valence-corrected chi connectivity index (χ1v) is 4.70. The second kappa shape index (κ2) is 6.40. The number of rotatable bonds is 6. The van der Waals surface area contributed by atoms with Crippen molar-refractivity contribution in [2.45, 2.75) is 19.9 Å². The van der Waals surface area contributed by atoms with Gasteiger partial charge in [0.25, 0.3) is 0 Å². The van der Waals surface area contributed by atoms with Crippen molar-refractivity contribution >= 4 is 0 Å². The summed E-state index contributed by atoms with van der Waals surface area (Å²) in [5.74, 6) is 0. The summed E-state index contributed by atoms with van der Waals surface area (Å²) in [5.41, 5.74) is 5.56. The topological polar surface area (TPSA) is 32.5 Å². The molecule has 0 spiro atoms. The van der Waals surface area contributed by atoms with Crippen LogP contribution in [0.4, 0.5) is 0 Å². The molecular weight excluding hydrogens is 150 g/mol. The largest absolute Gasteiger partial charge is 0.329 e. The number of nitrogens with two attached hydrogens (primary N) is 1. The summed E-state index contributed by atoms with van der Waals surface area (Å²) in [5, 5.41) is 0. The minimum Gasteiger partial charge on any atom is -0.329 e. The first-order valence-electron chi connectivity index (χ1n) is 4.70. The SMILES string of the molecule is CCN(C)CCN(C)C(C)CN. The van der Waals surface area contributed by atoms with Crippen molar-refractivity contribution in [3.8, 4) is 0 Å². The average molecular weight is 173 g/mol. The number of likely N-dealkylation sites (N-methyl/N-ethyl adjacent to an activating group) is 2. The van der Waals surface area contributed by atoms with E-state index in [9.17, 15) is 0 Å². The summed E-state index contributed by atoms with van der Waals surface area (Å²) in [6, 6.07) is 0.496. The number of nitrogens with zero attached hydrogens (tertiary/aromatic N) is 2. The van der Waals surface area contributed by atoms with Gasteiger partial charge in [-0.1, -0.05) is 6.92 Å². The van der Waals surface area contributed by atoms with Gasteiger partial charge in [0.2, 0.25) is 0 Å². The minimum atomic E-state index is 0.496. The van der Waals surface area contributed by atoms with Gasteiger partial charge in [-0.05, 0) is 27.6 Å². The summed E-state index contributed by atoms with van der Waals surface area (Å²) in [6.45, 7) is 8.41. The van der Waals surface area contributed by atoms with Crippen LogP contribution in [0.25, 0.3) is 0 Å². The Bertz CT molecular complexity index is 106. The van der Waals surface area contributed by atoms with Gasteiger partial charge in [0.15, 0.2) is 0 Å². The van der Waals surface area contributed by atoms with E-state index in [-0.39, 0.29) is 0 Å². The van der Waals surface area contributed by atoms with E-state index in [1.54, 1.807) is 0 Å². The second-order valence-corrected chi connectivity index (χ2v) is 3.46. The van der Waals surface area contributed by atoms with Gasteiger partial charge in [-0.15, -0.1) is 0 Å². The molecule has 0 fully saturated rings. The zero-order chi connectivity index (χ0) is 9.56. The van der Waals surface area contributed by atoms with E-state index in [1.165, 1.54) is 0 Å². The van der Waals surface area contributed by atoms with Gasteiger partial charge in [0.1, 0.15) is 0 Å². The van der Waals surface area contributed by atoms with E-state index < -0.39 is 0 Å². The predicted octanol–water partition coefficient (Wildman–Crippen LogP) is 0.217. The van der Waals surface area contributed by atoms with E-state index in [1.807, 2.05) is 0 Å². The molecule has 0 aromatic carbocycles. The van der Waals surface area contributed by atoms with E-state index in [0.29, 0.717) is 6.04 Å². The van der Waals surface area contributed by atoms with Crippen LogP contribution < -0.4 is 5.73 Å². The van der Waals surface area contributed by atoms with Gasteiger partial charge in [-0.2, -0.15) is 0 Å². The lowest BCUT2D eigenvalue weighted by Gasteiger charge is -2.25. The van der Waals surface area contributed by atoms with Gasteiger partial charge in [-0.25, -0.2) is 0 Å². The first-order chi connectivity index (χ1) is 5.61. The predicted molar refractivity (Wildman–Crippen MR) is 54.3 cm³/mol. The van der Waals surface area contributed by atoms with Crippen LogP contribution in [0, 0.1) is 0 Å². The van der Waals surface area contributed by atoms with Crippen molar-refractivity contribution in [1.82, 2.24) is 9.80 Å². The average Bonchev–Trinajstić information content (AvgIpc) is 2.11. The fourth-order valence-corrected chi connectivity index (χ4v) is 0.887. The number of hydrogen-bond donors (Lipinski definition) is 1. The zero-order valence-electron chi connectivity index (χ0n) is 8.88. The molecular formula is C9H23N3. The Morgan fingerprint density at radius 1 is 1.25 bits per heavy atom. The normalized spacial score (nSPS) is 14.2. The third-order valence-corrected chi connectivity index (χ3v) is 2.47. The van der Waals surface area contributed by atoms with Crippen LogP contribution in [0.1, 0.15) is 13.8 Å². The molecule has 0 amide bonds. The molecule has 0 aliphatic rings. The van der Waals surface area contributed by atoms with E-state index >= 15 is 0 Å². The number of hydrogen-bond acceptors (Lipinski definition) is 3. The molecule has 74 valence electrons. The van der Waals surface area contributed by atoms with Crippen LogP contribution in [-0.4, -0.2) is 56.1 Å². The fourth-order valence-electron chi connectivity index (χ4n) is 0.887. The van der Waals surface area contributed by atoms with Crippen molar-refractivity contribution in [3.63, 3.8) is 0 Å². The van der Waals surface area contributed by atoms with Gasteiger partial charge in [0.05, 0.1) is 0 Å². The molecule has 0 saturated carbocycles. The highest BCUT2D eigenvalue weighted by Crippen LogP contribution is 1.92. The third kappa shape index (κ3) is 4.70. The molecule has 0 aromatic rings. The molecule has 0 radical (unpaired) electrons. The van der Waals surface area contributed by atoms with Gasteiger partial charge >= 0.3 is 0 Å². The zero-order valence-corrected chi connectivity index (χ0v) is 8.88. The Morgan fingerprint density at radius 2 is 1.83 bits per heavy atom. The van der Waals surface area contributed by atoms with Crippen molar-refractivity contribution in [3.05, 3.63) is 0 Å². The molecule has 2 N–H and O–H groups in total. The Balaban J connectivity index is 3.49. The summed E-state index contributed by atoms with van der Waals surface area (Å²) in [6.07, 6.45) is 0. The molecule has 0 aliphatic carbocycles. The second-order valence-electron chi connectivity index (χ2n) is 3.46. The summed E-state index contributed by atoms with van der Waals surface area (Å²) in [7, 11) is 4.27. The van der Waals surface area contributed by atoms with Crippen molar-refractivity contribution in [2.75, 3.05) is 40.3 Å². The maximum absolute atomic E-state index is 5.56. The molecule has 12 heavy (non-hydrogen) atoms. The molecule has 1 unspecified atom stereocenters. The van der Waals surface area contributed by atoms with Crippen LogP contribution in [0.15, 0.2) is 0 Å². The fraction of sp³-hybridized carbons (Fsp3) is 1.00. The summed E-state index contributed by atoms with van der Waals surface area (Å²) >= 11 is 0. The lowest BCUT2D eigenvalue weighted by molar-refractivity contribution is 0.222. The maximum atomic E-state index is 5.56. The third-order valence-electron chi connectivity index (χ3n) is 2.47. The van der Waals surface area contributed by atoms with Crippen molar-refractivity contribution in [1.29, 1.82) is 0 Å². The quantitative estimate of drug-likeness (QED) is 0.623. The maximum Gasteiger partial charge on any atom is 0.0187 e. The molecule has 0 aromatic heterocycles. The van der Waals surface area contributed by atoms with Gasteiger partial charge in [-0.3, -0.25) is 0 Å². The van der Waals surface area contributed by atoms with Crippen LogP contribution in [0.2, 0.25) is 0 Å². The molecule has 0 saturated heterocycles. The van der Waals surface area contributed by atoms with Crippen LogP contribution in [0.3, 0.4) is 0 Å². The highest BCUT2D eigenvalue weighted by atomic mass is 15.2. The van der Waals surface area contributed by atoms with E-state index in [2.05, 4.69) is 37.7 Å². The first kappa shape index (κ1) is 11.9. The Kier molecular flexibility index (Phi) is 6.34. The van der Waals surface area contributed by atoms with Gasteiger partial charge in [0, 0.05) is 25.7 Å². The van der Waals surface area contributed by atoms with Crippen molar-refractivity contribution < 1.29 is 0 Å². The van der Waals surface area contributed by atoms with Crippen LogP contribution >= 0.6 is 0 Å². The molecule has 3 nitrogen and oxygen atoms in total. The van der Waals surface area contributed by atoms with Crippen molar-refractivity contribution in [2.24, 2.45) is 5.73 Å². The standard InChI is InChI=1S/C9H23N3/c1-5-11(3)6-7-12(4)9(2)8-10/h9H,5-8,10H2,1-4H3. The molecule has 1 atom stereocenters. The highest BCUT2D eigenvalue weighted by molar-refractivity contribution is 4.64. The highest BCUT2D eigenvalue weighted by Gasteiger charge is 2.06. The molecule has 0 aliphatic heterocycles. The van der Waals surface area contributed by atoms with Crippen LogP contribution in [0.5, 0.6) is 0 Å². The minimum absolute atomic E-state index is 0.496. The van der Waals surface area contributed by atoms with Crippen LogP contribution in [-0.2, 0) is 0 Å². The Hall–Kier alpha value is -0.120. The van der Waals surface area contributed by atoms with E-state index in [4.69, 9.17) is 5.73 Å². The Morgan fingerprint density at radius 3 is 2.25 bits per heavy atom. The lowest BCUT2D eigenvalue weighted by Crippen LogP contribution is -2.39. The molecule has 0 rings (SSSR count).